The lowest BCUT2D eigenvalue weighted by Gasteiger charge is -2.21. The maximum absolute atomic E-state index is 13.5. The number of fused-ring (bicyclic) bond motifs is 1. The first-order chi connectivity index (χ1) is 16.9. The third kappa shape index (κ3) is 4.39. The molecule has 5 rings (SSSR count). The molecule has 15 heteroatoms. The Balaban J connectivity index is 1.46. The second-order valence-electron chi connectivity index (χ2n) is 8.53. The second-order valence-corrected chi connectivity index (χ2v) is 10.6. The molecule has 1 aliphatic rings. The monoisotopic (exact) mass is 522 g/mol. The van der Waals surface area contributed by atoms with Gasteiger partial charge in [0, 0.05) is 12.3 Å². The Bertz CT molecular complexity index is 1540. The van der Waals surface area contributed by atoms with Gasteiger partial charge in [-0.05, 0) is 32.8 Å². The minimum absolute atomic E-state index is 0.128. The summed E-state index contributed by atoms with van der Waals surface area (Å²) in [6.07, 6.45) is 0.841. The highest BCUT2D eigenvalue weighted by Gasteiger charge is 2.40. The SMILES string of the molecule is CC(O)c1nc2cnc(Nc3ccnc(-c4cnn(S(=O)(=O)C5CC5)c4)n3)cc2n1C(C)C(F)(F)F. The first-order valence-corrected chi connectivity index (χ1v) is 12.5. The van der Waals surface area contributed by atoms with Crippen LogP contribution in [-0.4, -0.2) is 58.6 Å². The highest BCUT2D eigenvalue weighted by atomic mass is 32.2. The minimum atomic E-state index is -4.56. The molecule has 36 heavy (non-hydrogen) atoms. The molecule has 0 amide bonds. The number of aliphatic hydroxyl groups excluding tert-OH is 1. The lowest BCUT2D eigenvalue weighted by atomic mass is 10.2. The standard InChI is InChI=1S/C21H21F3N8O3S/c1-11(33)20-28-15-9-26-18(7-16(15)32(20)12(2)21(22,23)24)29-17-5-6-25-19(30-17)13-8-27-31(10-13)36(34,35)14-3-4-14/h5-12,14,33H,3-4H2,1-2H3,(H,25,26,29,30). The van der Waals surface area contributed by atoms with Crippen molar-refractivity contribution in [2.45, 2.75) is 50.3 Å². The van der Waals surface area contributed by atoms with E-state index in [1.54, 1.807) is 0 Å². The number of alkyl halides is 3. The third-order valence-corrected chi connectivity index (χ3v) is 7.81. The summed E-state index contributed by atoms with van der Waals surface area (Å²) >= 11 is 0. The van der Waals surface area contributed by atoms with Crippen LogP contribution in [0.3, 0.4) is 0 Å². The van der Waals surface area contributed by atoms with Crippen LogP contribution in [0.4, 0.5) is 24.8 Å². The number of aromatic nitrogens is 7. The Labute approximate surface area is 203 Å². The molecule has 2 N–H and O–H groups in total. The van der Waals surface area contributed by atoms with Crippen molar-refractivity contribution in [3.05, 3.63) is 42.7 Å². The lowest BCUT2D eigenvalue weighted by molar-refractivity contribution is -0.163. The van der Waals surface area contributed by atoms with Crippen LogP contribution in [0, 0.1) is 0 Å². The topological polar surface area (TPSA) is 141 Å². The van der Waals surface area contributed by atoms with Crippen LogP contribution >= 0.6 is 0 Å². The summed E-state index contributed by atoms with van der Waals surface area (Å²) in [6, 6.07) is 0.979. The average Bonchev–Trinajstić information content (AvgIpc) is 3.44. The quantitative estimate of drug-likeness (QED) is 0.374. The first-order valence-electron chi connectivity index (χ1n) is 11.0. The van der Waals surface area contributed by atoms with Crippen molar-refractivity contribution in [2.24, 2.45) is 0 Å². The van der Waals surface area contributed by atoms with Gasteiger partial charge in [-0.2, -0.15) is 22.4 Å². The van der Waals surface area contributed by atoms with Gasteiger partial charge in [-0.15, -0.1) is 0 Å². The molecule has 0 saturated heterocycles. The molecule has 0 bridgehead atoms. The number of halogens is 3. The maximum atomic E-state index is 13.5. The summed E-state index contributed by atoms with van der Waals surface area (Å²) in [7, 11) is -3.54. The smallest absolute Gasteiger partial charge is 0.385 e. The van der Waals surface area contributed by atoms with Crippen molar-refractivity contribution in [1.29, 1.82) is 0 Å². The van der Waals surface area contributed by atoms with Gasteiger partial charge in [0.15, 0.2) is 5.82 Å². The van der Waals surface area contributed by atoms with Gasteiger partial charge in [0.2, 0.25) is 0 Å². The van der Waals surface area contributed by atoms with E-state index in [0.717, 1.165) is 15.6 Å². The van der Waals surface area contributed by atoms with Gasteiger partial charge in [-0.25, -0.2) is 28.4 Å². The van der Waals surface area contributed by atoms with Gasteiger partial charge >= 0.3 is 6.18 Å². The number of aliphatic hydroxyl groups is 1. The van der Waals surface area contributed by atoms with E-state index in [4.69, 9.17) is 0 Å². The molecule has 11 nitrogen and oxygen atoms in total. The average molecular weight is 523 g/mol. The summed E-state index contributed by atoms with van der Waals surface area (Å²) in [5.41, 5.74) is 0.708. The Morgan fingerprint density at radius 1 is 1.14 bits per heavy atom. The van der Waals surface area contributed by atoms with Crippen LogP contribution in [0.15, 0.2) is 36.9 Å². The maximum Gasteiger partial charge on any atom is 0.408 e. The molecule has 0 aromatic carbocycles. The van der Waals surface area contributed by atoms with Gasteiger partial charge in [-0.3, -0.25) is 0 Å². The Morgan fingerprint density at radius 3 is 2.56 bits per heavy atom. The molecule has 0 aliphatic heterocycles. The normalized spacial score (nSPS) is 16.3. The number of nitrogens with zero attached hydrogens (tertiary/aromatic N) is 7. The van der Waals surface area contributed by atoms with Crippen molar-refractivity contribution < 1.29 is 26.7 Å². The van der Waals surface area contributed by atoms with Gasteiger partial charge in [0.1, 0.15) is 35.1 Å². The molecular weight excluding hydrogens is 501 g/mol. The highest BCUT2D eigenvalue weighted by Crippen LogP contribution is 2.36. The van der Waals surface area contributed by atoms with Gasteiger partial charge < -0.3 is 15.0 Å². The van der Waals surface area contributed by atoms with Crippen molar-refractivity contribution in [3.8, 4) is 11.4 Å². The summed E-state index contributed by atoms with van der Waals surface area (Å²) in [4.78, 5) is 16.8. The van der Waals surface area contributed by atoms with Crippen LogP contribution in [0.2, 0.25) is 0 Å². The molecule has 190 valence electrons. The van der Waals surface area contributed by atoms with E-state index >= 15 is 0 Å². The molecule has 2 unspecified atom stereocenters. The lowest BCUT2D eigenvalue weighted by Crippen LogP contribution is -2.25. The van der Waals surface area contributed by atoms with Gasteiger partial charge in [0.05, 0.1) is 34.9 Å². The number of imidazole rings is 1. The Morgan fingerprint density at radius 2 is 1.89 bits per heavy atom. The number of hydrogen-bond acceptors (Lipinski definition) is 9. The van der Waals surface area contributed by atoms with E-state index in [2.05, 4.69) is 30.4 Å². The zero-order chi connectivity index (χ0) is 25.8. The Hall–Kier alpha value is -3.59. The predicted molar refractivity (Wildman–Crippen MR) is 123 cm³/mol. The van der Waals surface area contributed by atoms with E-state index in [0.29, 0.717) is 18.4 Å². The summed E-state index contributed by atoms with van der Waals surface area (Å²) in [5, 5.41) is 16.4. The van der Waals surface area contributed by atoms with Crippen LogP contribution in [0.5, 0.6) is 0 Å². The third-order valence-electron chi connectivity index (χ3n) is 5.77. The summed E-state index contributed by atoms with van der Waals surface area (Å²) < 4.78 is 67.2. The van der Waals surface area contributed by atoms with Gasteiger partial charge in [-0.1, -0.05) is 0 Å². The van der Waals surface area contributed by atoms with Gasteiger partial charge in [0.25, 0.3) is 10.0 Å². The van der Waals surface area contributed by atoms with E-state index in [1.165, 1.54) is 43.8 Å². The molecule has 1 fully saturated rings. The molecule has 1 saturated carbocycles. The minimum Gasteiger partial charge on any atom is -0.385 e. The fraction of sp³-hybridized carbons (Fsp3) is 0.381. The molecular formula is C21H21F3N8O3S. The van der Waals surface area contributed by atoms with Crippen LogP contribution in [0.25, 0.3) is 22.4 Å². The second kappa shape index (κ2) is 8.51. The fourth-order valence-corrected chi connectivity index (χ4v) is 5.19. The van der Waals surface area contributed by atoms with Crippen molar-refractivity contribution in [1.82, 2.24) is 33.7 Å². The van der Waals surface area contributed by atoms with E-state index in [1.807, 2.05) is 0 Å². The molecule has 4 aromatic rings. The number of anilines is 2. The zero-order valence-electron chi connectivity index (χ0n) is 19.0. The largest absolute Gasteiger partial charge is 0.408 e. The molecule has 0 radical (unpaired) electrons. The zero-order valence-corrected chi connectivity index (χ0v) is 19.9. The molecule has 4 heterocycles. The van der Waals surface area contributed by atoms with E-state index < -0.39 is 33.6 Å². The fourth-order valence-electron chi connectivity index (χ4n) is 3.71. The predicted octanol–water partition coefficient (Wildman–Crippen LogP) is 3.35. The van der Waals surface area contributed by atoms with Crippen molar-refractivity contribution in [3.63, 3.8) is 0 Å². The van der Waals surface area contributed by atoms with Crippen LogP contribution in [0.1, 0.15) is 44.7 Å². The number of pyridine rings is 1. The van der Waals surface area contributed by atoms with Crippen molar-refractivity contribution >= 4 is 32.7 Å². The van der Waals surface area contributed by atoms with Crippen LogP contribution < -0.4 is 5.32 Å². The highest BCUT2D eigenvalue weighted by molar-refractivity contribution is 7.90. The number of rotatable bonds is 7. The van der Waals surface area contributed by atoms with E-state index in [9.17, 15) is 26.7 Å². The van der Waals surface area contributed by atoms with Crippen LogP contribution in [-0.2, 0) is 10.0 Å². The number of hydrogen-bond donors (Lipinski definition) is 2. The van der Waals surface area contributed by atoms with Crippen molar-refractivity contribution in [2.75, 3.05) is 5.32 Å². The summed E-state index contributed by atoms with van der Waals surface area (Å²) in [6.45, 7) is 2.33. The summed E-state index contributed by atoms with van der Waals surface area (Å²) in [5.74, 6) is 0.531. The van der Waals surface area contributed by atoms with E-state index in [-0.39, 0.29) is 34.3 Å². The molecule has 1 aliphatic carbocycles. The Kier molecular flexibility index (Phi) is 5.70. The molecule has 4 aromatic heterocycles. The molecule has 2 atom stereocenters. The number of nitrogens with one attached hydrogen (secondary N) is 1. The molecule has 0 spiro atoms. The first kappa shape index (κ1) is 24.1.